The summed E-state index contributed by atoms with van der Waals surface area (Å²) in [5.41, 5.74) is 0. The van der Waals surface area contributed by atoms with Crippen molar-refractivity contribution in [3.05, 3.63) is 43.5 Å². The van der Waals surface area contributed by atoms with Crippen LogP contribution in [-0.4, -0.2) is 79.3 Å². The van der Waals surface area contributed by atoms with Gasteiger partial charge < -0.3 is 37.9 Å². The minimum Gasteiger partial charge on any atom is -0.487 e. The summed E-state index contributed by atoms with van der Waals surface area (Å²) in [4.78, 5) is 0. The van der Waals surface area contributed by atoms with E-state index >= 15 is 0 Å². The molecule has 0 amide bonds. The number of hydrogen-bond acceptors (Lipinski definition) is 8. The normalized spacial score (nSPS) is 17.9. The number of ether oxygens (including phenoxy) is 8. The Kier molecular flexibility index (Phi) is 13.4. The van der Waals surface area contributed by atoms with Gasteiger partial charge >= 0.3 is 0 Å². The Bertz CT molecular complexity index is 782. The maximum Gasteiger partial charge on any atom is 0.162 e. The number of benzene rings is 2. The summed E-state index contributed by atoms with van der Waals surface area (Å²) >= 11 is 4.49. The molecule has 0 aliphatic carbocycles. The molecule has 1 aliphatic rings. The molecule has 1 heterocycles. The molecule has 2 aromatic rings. The average molecular weight is 700 g/mol. The smallest absolute Gasteiger partial charge is 0.162 e. The number of halogens is 2. The van der Waals surface area contributed by atoms with Gasteiger partial charge in [0.2, 0.25) is 0 Å². The Morgan fingerprint density at radius 3 is 1.03 bits per heavy atom. The second-order valence-electron chi connectivity index (χ2n) is 7.03. The van der Waals surface area contributed by atoms with Crippen LogP contribution in [0.4, 0.5) is 0 Å². The molecule has 3 rings (SSSR count). The third-order valence-corrected chi connectivity index (χ3v) is 5.84. The maximum absolute atomic E-state index is 5.86. The molecule has 0 N–H and O–H groups in total. The molecule has 0 atom stereocenters. The third-order valence-electron chi connectivity index (χ3n) is 4.50. The predicted molar refractivity (Wildman–Crippen MR) is 144 cm³/mol. The van der Waals surface area contributed by atoms with E-state index in [4.69, 9.17) is 37.9 Å². The van der Waals surface area contributed by atoms with Crippen LogP contribution in [0, 0.1) is 7.14 Å². The Morgan fingerprint density at radius 2 is 0.676 bits per heavy atom. The van der Waals surface area contributed by atoms with Crippen molar-refractivity contribution in [3.63, 3.8) is 0 Å². The second-order valence-corrected chi connectivity index (χ2v) is 9.52. The standard InChI is InChI=1S/C24H30I2O8/c25-19-1-3-21-23(17-19)33-15-11-29-8-6-28-10-14-32-22-4-2-20(26)18-24(22)34-16-12-30-7-5-27-9-13-31-21/h1-4,17-18H,5-16H2. The summed E-state index contributed by atoms with van der Waals surface area (Å²) in [5, 5.41) is 0. The predicted octanol–water partition coefficient (Wildman–Crippen LogP) is 4.19. The number of hydrogen-bond donors (Lipinski definition) is 0. The highest BCUT2D eigenvalue weighted by Crippen LogP contribution is 2.30. The number of rotatable bonds is 0. The molecule has 2 aromatic carbocycles. The Balaban J connectivity index is 1.48. The summed E-state index contributed by atoms with van der Waals surface area (Å²) in [6.07, 6.45) is 0. The molecule has 0 spiro atoms. The van der Waals surface area contributed by atoms with Crippen molar-refractivity contribution in [2.24, 2.45) is 0 Å². The van der Waals surface area contributed by atoms with Crippen molar-refractivity contribution in [3.8, 4) is 23.0 Å². The van der Waals surface area contributed by atoms with Gasteiger partial charge in [0.15, 0.2) is 23.0 Å². The van der Waals surface area contributed by atoms with E-state index < -0.39 is 0 Å². The molecule has 0 saturated heterocycles. The lowest BCUT2D eigenvalue weighted by molar-refractivity contribution is 0.0223. The van der Waals surface area contributed by atoms with Crippen LogP contribution >= 0.6 is 45.2 Å². The first kappa shape index (κ1) is 27.5. The molecule has 10 heteroatoms. The Labute approximate surface area is 227 Å². The van der Waals surface area contributed by atoms with E-state index in [2.05, 4.69) is 45.2 Å². The summed E-state index contributed by atoms with van der Waals surface area (Å²) in [6.45, 7) is 5.42. The minimum atomic E-state index is 0.420. The molecule has 188 valence electrons. The van der Waals surface area contributed by atoms with Gasteiger partial charge in [0.05, 0.1) is 52.9 Å². The highest BCUT2D eigenvalue weighted by molar-refractivity contribution is 14.1. The fourth-order valence-electron chi connectivity index (χ4n) is 2.91. The van der Waals surface area contributed by atoms with E-state index in [1.807, 2.05) is 36.4 Å². The highest BCUT2D eigenvalue weighted by atomic mass is 127. The van der Waals surface area contributed by atoms with Gasteiger partial charge in [0.25, 0.3) is 0 Å². The topological polar surface area (TPSA) is 73.8 Å². The van der Waals surface area contributed by atoms with Gasteiger partial charge in [-0.05, 0) is 81.6 Å². The van der Waals surface area contributed by atoms with Gasteiger partial charge in [-0.25, -0.2) is 0 Å². The van der Waals surface area contributed by atoms with Crippen molar-refractivity contribution >= 4 is 45.2 Å². The molecule has 0 aromatic heterocycles. The zero-order valence-electron chi connectivity index (χ0n) is 19.0. The van der Waals surface area contributed by atoms with Gasteiger partial charge in [-0.15, -0.1) is 0 Å². The summed E-state index contributed by atoms with van der Waals surface area (Å²) in [5.74, 6) is 2.75. The van der Waals surface area contributed by atoms with E-state index in [0.29, 0.717) is 102 Å². The van der Waals surface area contributed by atoms with Gasteiger partial charge in [-0.2, -0.15) is 0 Å². The van der Waals surface area contributed by atoms with Gasteiger partial charge in [-0.3, -0.25) is 0 Å². The minimum absolute atomic E-state index is 0.420. The van der Waals surface area contributed by atoms with Crippen molar-refractivity contribution in [1.29, 1.82) is 0 Å². The van der Waals surface area contributed by atoms with E-state index in [-0.39, 0.29) is 0 Å². The fourth-order valence-corrected chi connectivity index (χ4v) is 3.84. The van der Waals surface area contributed by atoms with Crippen LogP contribution in [0.1, 0.15) is 0 Å². The molecular formula is C24H30I2O8. The van der Waals surface area contributed by atoms with Crippen LogP contribution in [0.25, 0.3) is 0 Å². The largest absolute Gasteiger partial charge is 0.487 e. The fraction of sp³-hybridized carbons (Fsp3) is 0.500. The van der Waals surface area contributed by atoms with Crippen molar-refractivity contribution in [2.75, 3.05) is 79.3 Å². The second kappa shape index (κ2) is 16.6. The molecular weight excluding hydrogens is 670 g/mol. The van der Waals surface area contributed by atoms with E-state index in [9.17, 15) is 0 Å². The quantitative estimate of drug-likeness (QED) is 0.380. The summed E-state index contributed by atoms with van der Waals surface area (Å²) in [6, 6.07) is 11.6. The monoisotopic (exact) mass is 700 g/mol. The Hall–Kier alpha value is -1.06. The lowest BCUT2D eigenvalue weighted by atomic mass is 10.3. The lowest BCUT2D eigenvalue weighted by Gasteiger charge is -2.15. The van der Waals surface area contributed by atoms with E-state index in [1.165, 1.54) is 0 Å². The molecule has 0 radical (unpaired) electrons. The molecule has 1 aliphatic heterocycles. The van der Waals surface area contributed by atoms with E-state index in [1.54, 1.807) is 0 Å². The van der Waals surface area contributed by atoms with Crippen molar-refractivity contribution in [2.45, 2.75) is 0 Å². The van der Waals surface area contributed by atoms with Crippen LogP contribution in [-0.2, 0) is 18.9 Å². The zero-order chi connectivity index (χ0) is 23.8. The molecule has 8 nitrogen and oxygen atoms in total. The maximum atomic E-state index is 5.86. The van der Waals surface area contributed by atoms with Crippen molar-refractivity contribution in [1.82, 2.24) is 0 Å². The van der Waals surface area contributed by atoms with Crippen LogP contribution in [0.5, 0.6) is 23.0 Å². The molecule has 34 heavy (non-hydrogen) atoms. The molecule has 0 unspecified atom stereocenters. The molecule has 0 bridgehead atoms. The van der Waals surface area contributed by atoms with E-state index in [0.717, 1.165) is 7.14 Å². The van der Waals surface area contributed by atoms with Crippen LogP contribution in [0.2, 0.25) is 0 Å². The Morgan fingerprint density at radius 1 is 0.382 bits per heavy atom. The first-order chi connectivity index (χ1) is 16.7. The van der Waals surface area contributed by atoms with Gasteiger partial charge in [0, 0.05) is 7.14 Å². The first-order valence-corrected chi connectivity index (χ1v) is 13.3. The van der Waals surface area contributed by atoms with Crippen LogP contribution in [0.15, 0.2) is 36.4 Å². The third kappa shape index (κ3) is 10.7. The number of fused-ring (bicyclic) bond motifs is 2. The highest BCUT2D eigenvalue weighted by Gasteiger charge is 2.08. The zero-order valence-corrected chi connectivity index (χ0v) is 23.3. The SMILES string of the molecule is Ic1ccc2c(c1)OCCOCCOCCOc1ccc(I)cc1OCCOCCOCCO2. The molecule has 0 fully saturated rings. The van der Waals surface area contributed by atoms with Crippen LogP contribution < -0.4 is 18.9 Å². The van der Waals surface area contributed by atoms with Gasteiger partial charge in [0.1, 0.15) is 26.4 Å². The average Bonchev–Trinajstić information content (AvgIpc) is 2.83. The van der Waals surface area contributed by atoms with Crippen LogP contribution in [0.3, 0.4) is 0 Å². The lowest BCUT2D eigenvalue weighted by Crippen LogP contribution is -2.15. The molecule has 0 saturated carbocycles. The first-order valence-electron chi connectivity index (χ1n) is 11.1. The summed E-state index contributed by atoms with van der Waals surface area (Å²) in [7, 11) is 0. The van der Waals surface area contributed by atoms with Gasteiger partial charge in [-0.1, -0.05) is 0 Å². The summed E-state index contributed by atoms with van der Waals surface area (Å²) < 4.78 is 47.9. The van der Waals surface area contributed by atoms with Crippen molar-refractivity contribution < 1.29 is 37.9 Å².